The molecule has 0 aromatic heterocycles. The molecule has 2 nitrogen and oxygen atoms in total. The Balaban J connectivity index is 1.89. The molecular formula is C9H18N2. The summed E-state index contributed by atoms with van der Waals surface area (Å²) in [7, 11) is 2.19. The van der Waals surface area contributed by atoms with Crippen molar-refractivity contribution in [3.8, 4) is 0 Å². The van der Waals surface area contributed by atoms with E-state index in [1.54, 1.807) is 0 Å². The van der Waals surface area contributed by atoms with Gasteiger partial charge in [0.2, 0.25) is 0 Å². The van der Waals surface area contributed by atoms with Crippen LogP contribution in [0.4, 0.5) is 0 Å². The van der Waals surface area contributed by atoms with Crippen LogP contribution in [0.3, 0.4) is 0 Å². The zero-order chi connectivity index (χ0) is 7.84. The van der Waals surface area contributed by atoms with E-state index >= 15 is 0 Å². The molecule has 1 saturated heterocycles. The van der Waals surface area contributed by atoms with Gasteiger partial charge in [0.05, 0.1) is 0 Å². The second-order valence-electron chi connectivity index (χ2n) is 4.31. The maximum absolute atomic E-state index is 5.94. The number of rotatable bonds is 1. The van der Waals surface area contributed by atoms with Crippen molar-refractivity contribution in [3.05, 3.63) is 0 Å². The minimum atomic E-state index is 0.444. The van der Waals surface area contributed by atoms with Crippen molar-refractivity contribution in [1.29, 1.82) is 0 Å². The summed E-state index contributed by atoms with van der Waals surface area (Å²) in [5.41, 5.74) is 5.94. The molecule has 0 aromatic rings. The highest BCUT2D eigenvalue weighted by atomic mass is 15.1. The van der Waals surface area contributed by atoms with Crippen molar-refractivity contribution in [2.24, 2.45) is 17.6 Å². The highest BCUT2D eigenvalue weighted by Crippen LogP contribution is 2.40. The molecule has 0 spiro atoms. The van der Waals surface area contributed by atoms with Crippen molar-refractivity contribution in [2.75, 3.05) is 20.1 Å². The van der Waals surface area contributed by atoms with Gasteiger partial charge in [0.15, 0.2) is 0 Å². The number of nitrogens with zero attached hydrogens (tertiary/aromatic N) is 1. The van der Waals surface area contributed by atoms with E-state index in [0.717, 1.165) is 18.4 Å². The van der Waals surface area contributed by atoms with E-state index < -0.39 is 0 Å². The Morgan fingerprint density at radius 1 is 1.18 bits per heavy atom. The Kier molecular flexibility index (Phi) is 1.90. The number of likely N-dealkylation sites (tertiary alicyclic amines) is 1. The number of hydrogen-bond acceptors (Lipinski definition) is 2. The molecular weight excluding hydrogens is 136 g/mol. The lowest BCUT2D eigenvalue weighted by Gasteiger charge is -2.33. The molecule has 1 aliphatic carbocycles. The summed E-state index contributed by atoms with van der Waals surface area (Å²) in [4.78, 5) is 2.39. The quantitative estimate of drug-likeness (QED) is 0.601. The summed E-state index contributed by atoms with van der Waals surface area (Å²) in [6.07, 6.45) is 4.20. The van der Waals surface area contributed by atoms with Gasteiger partial charge in [0.1, 0.15) is 0 Å². The number of likely N-dealkylation sites (N-methyl/N-ethyl adjacent to an activating group) is 1. The molecule has 0 amide bonds. The normalized spacial score (nSPS) is 40.9. The molecule has 2 rings (SSSR count). The van der Waals surface area contributed by atoms with Gasteiger partial charge in [-0.3, -0.25) is 0 Å². The van der Waals surface area contributed by atoms with Gasteiger partial charge in [-0.05, 0) is 38.1 Å². The molecule has 2 aliphatic rings. The molecule has 2 atom stereocenters. The van der Waals surface area contributed by atoms with Crippen molar-refractivity contribution in [1.82, 2.24) is 4.90 Å². The van der Waals surface area contributed by atoms with Gasteiger partial charge >= 0.3 is 0 Å². The Morgan fingerprint density at radius 2 is 1.91 bits per heavy atom. The Labute approximate surface area is 68.7 Å². The molecule has 0 aromatic carbocycles. The molecule has 2 unspecified atom stereocenters. The first-order valence-corrected chi connectivity index (χ1v) is 4.70. The van der Waals surface area contributed by atoms with Crippen LogP contribution in [0, 0.1) is 11.8 Å². The van der Waals surface area contributed by atoms with Crippen LogP contribution in [0.1, 0.15) is 19.3 Å². The summed E-state index contributed by atoms with van der Waals surface area (Å²) in [5, 5.41) is 0. The first kappa shape index (κ1) is 7.56. The van der Waals surface area contributed by atoms with Crippen LogP contribution in [-0.4, -0.2) is 31.1 Å². The third kappa shape index (κ3) is 1.74. The molecule has 1 saturated carbocycles. The minimum absolute atomic E-state index is 0.444. The van der Waals surface area contributed by atoms with Crippen LogP contribution in [0.5, 0.6) is 0 Å². The third-order valence-electron chi connectivity index (χ3n) is 2.99. The SMILES string of the molecule is CN1CC(N)CC(C2CC2)C1. The highest BCUT2D eigenvalue weighted by Gasteiger charge is 2.35. The zero-order valence-corrected chi connectivity index (χ0v) is 7.29. The van der Waals surface area contributed by atoms with Crippen LogP contribution < -0.4 is 5.73 Å². The Morgan fingerprint density at radius 3 is 2.45 bits per heavy atom. The van der Waals surface area contributed by atoms with Crippen LogP contribution in [-0.2, 0) is 0 Å². The summed E-state index contributed by atoms with van der Waals surface area (Å²) in [6.45, 7) is 2.39. The molecule has 0 radical (unpaired) electrons. The number of piperidine rings is 1. The van der Waals surface area contributed by atoms with E-state index in [1.165, 1.54) is 25.8 Å². The average molecular weight is 154 g/mol. The van der Waals surface area contributed by atoms with Crippen molar-refractivity contribution in [2.45, 2.75) is 25.3 Å². The fraction of sp³-hybridized carbons (Fsp3) is 1.00. The fourth-order valence-corrected chi connectivity index (χ4v) is 2.32. The summed E-state index contributed by atoms with van der Waals surface area (Å²) >= 11 is 0. The lowest BCUT2D eigenvalue weighted by atomic mass is 9.91. The molecule has 2 heteroatoms. The van der Waals surface area contributed by atoms with Crippen LogP contribution in [0.25, 0.3) is 0 Å². The van der Waals surface area contributed by atoms with E-state index in [4.69, 9.17) is 5.73 Å². The second-order valence-corrected chi connectivity index (χ2v) is 4.31. The van der Waals surface area contributed by atoms with Crippen molar-refractivity contribution < 1.29 is 0 Å². The van der Waals surface area contributed by atoms with Crippen LogP contribution >= 0.6 is 0 Å². The van der Waals surface area contributed by atoms with Crippen molar-refractivity contribution in [3.63, 3.8) is 0 Å². The summed E-state index contributed by atoms with van der Waals surface area (Å²) in [5.74, 6) is 1.95. The third-order valence-corrected chi connectivity index (χ3v) is 2.99. The minimum Gasteiger partial charge on any atom is -0.327 e. The molecule has 2 N–H and O–H groups in total. The van der Waals surface area contributed by atoms with E-state index in [2.05, 4.69) is 11.9 Å². The molecule has 0 bridgehead atoms. The van der Waals surface area contributed by atoms with Crippen LogP contribution in [0.2, 0.25) is 0 Å². The first-order chi connectivity index (χ1) is 5.25. The lowest BCUT2D eigenvalue weighted by molar-refractivity contribution is 0.173. The monoisotopic (exact) mass is 154 g/mol. The van der Waals surface area contributed by atoms with Gasteiger partial charge < -0.3 is 10.6 Å². The maximum atomic E-state index is 5.94. The second kappa shape index (κ2) is 2.76. The fourth-order valence-electron chi connectivity index (χ4n) is 2.32. The van der Waals surface area contributed by atoms with Gasteiger partial charge in [-0.1, -0.05) is 0 Å². The van der Waals surface area contributed by atoms with E-state index in [9.17, 15) is 0 Å². The largest absolute Gasteiger partial charge is 0.327 e. The molecule has 1 aliphatic heterocycles. The zero-order valence-electron chi connectivity index (χ0n) is 7.29. The van der Waals surface area contributed by atoms with Gasteiger partial charge in [0, 0.05) is 19.1 Å². The van der Waals surface area contributed by atoms with E-state index in [0.29, 0.717) is 6.04 Å². The van der Waals surface area contributed by atoms with Gasteiger partial charge in [-0.15, -0.1) is 0 Å². The Hall–Kier alpha value is -0.0800. The standard InChI is InChI=1S/C9H18N2/c1-11-5-8(7-2-3-7)4-9(10)6-11/h7-9H,2-6,10H2,1H3. The van der Waals surface area contributed by atoms with E-state index in [-0.39, 0.29) is 0 Å². The summed E-state index contributed by atoms with van der Waals surface area (Å²) < 4.78 is 0. The van der Waals surface area contributed by atoms with Crippen molar-refractivity contribution >= 4 is 0 Å². The van der Waals surface area contributed by atoms with Gasteiger partial charge in [-0.2, -0.15) is 0 Å². The Bertz CT molecular complexity index is 132. The highest BCUT2D eigenvalue weighted by molar-refractivity contribution is 4.89. The smallest absolute Gasteiger partial charge is 0.0170 e. The van der Waals surface area contributed by atoms with Gasteiger partial charge in [0.25, 0.3) is 0 Å². The summed E-state index contributed by atoms with van der Waals surface area (Å²) in [6, 6.07) is 0.444. The number of hydrogen-bond donors (Lipinski definition) is 1. The topological polar surface area (TPSA) is 29.3 Å². The lowest BCUT2D eigenvalue weighted by Crippen LogP contribution is -2.45. The number of nitrogens with two attached hydrogens (primary N) is 1. The van der Waals surface area contributed by atoms with E-state index in [1.807, 2.05) is 0 Å². The average Bonchev–Trinajstić information content (AvgIpc) is 2.64. The molecule has 2 fully saturated rings. The molecule has 64 valence electrons. The van der Waals surface area contributed by atoms with Gasteiger partial charge in [-0.25, -0.2) is 0 Å². The van der Waals surface area contributed by atoms with Crippen LogP contribution in [0.15, 0.2) is 0 Å². The molecule has 11 heavy (non-hydrogen) atoms. The first-order valence-electron chi connectivity index (χ1n) is 4.70. The predicted molar refractivity (Wildman–Crippen MR) is 46.3 cm³/mol. The molecule has 1 heterocycles. The maximum Gasteiger partial charge on any atom is 0.0170 e. The predicted octanol–water partition coefficient (Wildman–Crippen LogP) is 0.675.